The van der Waals surface area contributed by atoms with Crippen molar-refractivity contribution in [2.75, 3.05) is 19.7 Å². The number of hydrogen-bond donors (Lipinski definition) is 1. The number of nitriles is 1. The summed E-state index contributed by atoms with van der Waals surface area (Å²) >= 11 is 0. The fourth-order valence-corrected chi connectivity index (χ4v) is 4.04. The van der Waals surface area contributed by atoms with Gasteiger partial charge in [-0.15, -0.1) is 0 Å². The van der Waals surface area contributed by atoms with E-state index in [-0.39, 0.29) is 5.92 Å². The second kappa shape index (κ2) is 7.26. The van der Waals surface area contributed by atoms with E-state index in [0.717, 1.165) is 31.8 Å². The van der Waals surface area contributed by atoms with Crippen molar-refractivity contribution in [3.63, 3.8) is 0 Å². The van der Waals surface area contributed by atoms with Gasteiger partial charge in [-0.25, -0.2) is 0 Å². The van der Waals surface area contributed by atoms with Gasteiger partial charge in [-0.1, -0.05) is 19.8 Å². The highest BCUT2D eigenvalue weighted by Gasteiger charge is 2.37. The summed E-state index contributed by atoms with van der Waals surface area (Å²) in [6, 6.07) is 3.03. The van der Waals surface area contributed by atoms with Crippen molar-refractivity contribution in [1.82, 2.24) is 4.90 Å². The first-order valence-corrected chi connectivity index (χ1v) is 8.03. The zero-order chi connectivity index (χ0) is 13.7. The second-order valence-electron chi connectivity index (χ2n) is 6.43. The second-order valence-corrected chi connectivity index (χ2v) is 6.43. The van der Waals surface area contributed by atoms with Crippen molar-refractivity contribution in [1.29, 1.82) is 5.26 Å². The van der Waals surface area contributed by atoms with Crippen LogP contribution in [0.2, 0.25) is 0 Å². The molecular formula is C16H28N2O. The van der Waals surface area contributed by atoms with E-state index in [1.54, 1.807) is 0 Å². The van der Waals surface area contributed by atoms with Gasteiger partial charge < -0.3 is 5.11 Å². The topological polar surface area (TPSA) is 47.3 Å². The van der Waals surface area contributed by atoms with E-state index in [2.05, 4.69) is 17.9 Å². The van der Waals surface area contributed by atoms with E-state index in [4.69, 9.17) is 5.11 Å². The van der Waals surface area contributed by atoms with Gasteiger partial charge in [0.05, 0.1) is 12.0 Å². The fourth-order valence-electron chi connectivity index (χ4n) is 4.04. The maximum absolute atomic E-state index is 9.39. The molecule has 1 saturated heterocycles. The lowest BCUT2D eigenvalue weighted by molar-refractivity contribution is 0.115. The van der Waals surface area contributed by atoms with Gasteiger partial charge in [0.2, 0.25) is 0 Å². The monoisotopic (exact) mass is 264 g/mol. The quantitative estimate of drug-likeness (QED) is 0.830. The minimum absolute atomic E-state index is 0.237. The van der Waals surface area contributed by atoms with E-state index >= 15 is 0 Å². The smallest absolute Gasteiger partial charge is 0.0672 e. The van der Waals surface area contributed by atoms with E-state index < -0.39 is 0 Å². The normalized spacial score (nSPS) is 36.3. The number of aliphatic hydroxyl groups is 1. The third-order valence-corrected chi connectivity index (χ3v) is 5.11. The Labute approximate surface area is 117 Å². The molecule has 1 saturated carbocycles. The zero-order valence-electron chi connectivity index (χ0n) is 12.2. The Morgan fingerprint density at radius 2 is 2.05 bits per heavy atom. The molecule has 1 aliphatic carbocycles. The van der Waals surface area contributed by atoms with Crippen LogP contribution in [0.4, 0.5) is 0 Å². The lowest BCUT2D eigenvalue weighted by atomic mass is 9.76. The lowest BCUT2D eigenvalue weighted by Crippen LogP contribution is -2.43. The summed E-state index contributed by atoms with van der Waals surface area (Å²) in [7, 11) is 0. The van der Waals surface area contributed by atoms with E-state index in [1.807, 2.05) is 0 Å². The van der Waals surface area contributed by atoms with Crippen LogP contribution in [0.15, 0.2) is 0 Å². The summed E-state index contributed by atoms with van der Waals surface area (Å²) in [5.74, 6) is 1.72. The summed E-state index contributed by atoms with van der Waals surface area (Å²) in [5.41, 5.74) is 0. The molecule has 0 spiro atoms. The van der Waals surface area contributed by atoms with E-state index in [0.29, 0.717) is 18.6 Å². The summed E-state index contributed by atoms with van der Waals surface area (Å²) in [6.45, 7) is 4.80. The Morgan fingerprint density at radius 3 is 2.74 bits per heavy atom. The van der Waals surface area contributed by atoms with Crippen LogP contribution in [0.1, 0.15) is 51.9 Å². The minimum Gasteiger partial charge on any atom is -0.396 e. The average Bonchev–Trinajstić information content (AvgIpc) is 2.88. The molecule has 1 aliphatic heterocycles. The van der Waals surface area contributed by atoms with Crippen molar-refractivity contribution in [2.24, 2.45) is 17.8 Å². The highest BCUT2D eigenvalue weighted by Crippen LogP contribution is 2.36. The van der Waals surface area contributed by atoms with Gasteiger partial charge in [-0.3, -0.25) is 4.90 Å². The lowest BCUT2D eigenvalue weighted by Gasteiger charge is -2.38. The largest absolute Gasteiger partial charge is 0.396 e. The van der Waals surface area contributed by atoms with Crippen molar-refractivity contribution in [3.8, 4) is 6.07 Å². The van der Waals surface area contributed by atoms with Crippen LogP contribution in [0.5, 0.6) is 0 Å². The molecule has 0 amide bonds. The Bertz CT molecular complexity index is 312. The highest BCUT2D eigenvalue weighted by atomic mass is 16.3. The molecule has 0 aromatic carbocycles. The van der Waals surface area contributed by atoms with Crippen molar-refractivity contribution >= 4 is 0 Å². The van der Waals surface area contributed by atoms with Gasteiger partial charge in [0.1, 0.15) is 0 Å². The molecule has 19 heavy (non-hydrogen) atoms. The summed E-state index contributed by atoms with van der Waals surface area (Å²) in [4.78, 5) is 2.55. The Kier molecular flexibility index (Phi) is 5.66. The van der Waals surface area contributed by atoms with Gasteiger partial charge >= 0.3 is 0 Å². The molecule has 2 rings (SSSR count). The van der Waals surface area contributed by atoms with Gasteiger partial charge in [0.25, 0.3) is 0 Å². The van der Waals surface area contributed by atoms with Crippen molar-refractivity contribution in [2.45, 2.75) is 57.9 Å². The van der Waals surface area contributed by atoms with Crippen LogP contribution < -0.4 is 0 Å². The molecule has 0 aromatic heterocycles. The highest BCUT2D eigenvalue weighted by molar-refractivity contribution is 4.99. The summed E-state index contributed by atoms with van der Waals surface area (Å²) in [5, 5.41) is 18.5. The molecular weight excluding hydrogens is 236 g/mol. The maximum atomic E-state index is 9.39. The zero-order valence-corrected chi connectivity index (χ0v) is 12.2. The molecule has 0 bridgehead atoms. The third kappa shape index (κ3) is 3.70. The summed E-state index contributed by atoms with van der Waals surface area (Å²) in [6.07, 6.45) is 8.28. The summed E-state index contributed by atoms with van der Waals surface area (Å²) < 4.78 is 0. The van der Waals surface area contributed by atoms with E-state index in [9.17, 15) is 5.26 Å². The number of likely N-dealkylation sites (tertiary alicyclic amines) is 1. The first-order valence-electron chi connectivity index (χ1n) is 8.03. The Hall–Kier alpha value is -0.590. The molecule has 4 unspecified atom stereocenters. The predicted molar refractivity (Wildman–Crippen MR) is 76.5 cm³/mol. The van der Waals surface area contributed by atoms with Gasteiger partial charge in [0, 0.05) is 19.2 Å². The Morgan fingerprint density at radius 1 is 1.21 bits per heavy atom. The predicted octanol–water partition coefficient (Wildman–Crippen LogP) is 2.80. The number of rotatable bonds is 5. The van der Waals surface area contributed by atoms with Crippen molar-refractivity contribution < 1.29 is 5.11 Å². The molecule has 0 radical (unpaired) electrons. The van der Waals surface area contributed by atoms with Crippen LogP contribution >= 0.6 is 0 Å². The molecule has 1 N–H and O–H groups in total. The third-order valence-electron chi connectivity index (χ3n) is 5.11. The van der Waals surface area contributed by atoms with Crippen LogP contribution in [-0.4, -0.2) is 35.7 Å². The molecule has 0 aromatic rings. The number of nitrogens with zero attached hydrogens (tertiary/aromatic N) is 2. The van der Waals surface area contributed by atoms with Crippen LogP contribution in [0.3, 0.4) is 0 Å². The molecule has 1 heterocycles. The molecule has 4 atom stereocenters. The van der Waals surface area contributed by atoms with Crippen LogP contribution in [-0.2, 0) is 0 Å². The number of aliphatic hydroxyl groups excluding tert-OH is 1. The minimum atomic E-state index is 0.237. The molecule has 3 heteroatoms. The van der Waals surface area contributed by atoms with Gasteiger partial charge in [-0.2, -0.15) is 5.26 Å². The molecule has 2 fully saturated rings. The fraction of sp³-hybridized carbons (Fsp3) is 0.938. The molecule has 2 aliphatic rings. The van der Waals surface area contributed by atoms with Gasteiger partial charge in [-0.05, 0) is 50.5 Å². The maximum Gasteiger partial charge on any atom is 0.0672 e. The van der Waals surface area contributed by atoms with Crippen molar-refractivity contribution in [3.05, 3.63) is 0 Å². The molecule has 108 valence electrons. The number of hydrogen-bond acceptors (Lipinski definition) is 3. The standard InChI is InChI=1S/C16H28N2O/c1-2-3-13-4-5-15(11-17)16(10-13)18-8-6-14(12-18)7-9-19/h13-16,19H,2-10,12H2,1H3. The van der Waals surface area contributed by atoms with Gasteiger partial charge in [0.15, 0.2) is 0 Å². The average molecular weight is 264 g/mol. The first-order chi connectivity index (χ1) is 9.28. The van der Waals surface area contributed by atoms with Crippen LogP contribution in [0, 0.1) is 29.1 Å². The first kappa shape index (κ1) is 14.8. The molecule has 3 nitrogen and oxygen atoms in total. The van der Waals surface area contributed by atoms with E-state index in [1.165, 1.54) is 32.1 Å². The van der Waals surface area contributed by atoms with Crippen LogP contribution in [0.25, 0.3) is 0 Å². The Balaban J connectivity index is 1.93. The SMILES string of the molecule is CCCC1CCC(C#N)C(N2CCC(CCO)C2)C1.